The third-order valence-electron chi connectivity index (χ3n) is 4.20. The monoisotopic (exact) mass is 381 g/mol. The quantitative estimate of drug-likeness (QED) is 0.431. The zero-order valence-electron chi connectivity index (χ0n) is 14.6. The van der Waals surface area contributed by atoms with Crippen LogP contribution < -0.4 is 10.9 Å². The third-order valence-corrected chi connectivity index (χ3v) is 6.36. The molecule has 2 aromatic heterocycles. The van der Waals surface area contributed by atoms with Gasteiger partial charge in [0.2, 0.25) is 5.91 Å². The Morgan fingerprint density at radius 3 is 3.04 bits per heavy atom. The molecule has 6 nitrogen and oxygen atoms in total. The molecule has 3 rings (SSSR count). The number of thiophene rings is 1. The number of fused-ring (bicyclic) bond motifs is 3. The van der Waals surface area contributed by atoms with Crippen LogP contribution >= 0.6 is 23.1 Å². The van der Waals surface area contributed by atoms with E-state index in [0.29, 0.717) is 24.9 Å². The van der Waals surface area contributed by atoms with Crippen molar-refractivity contribution < 1.29 is 9.53 Å². The Hall–Kier alpha value is -1.38. The Morgan fingerprint density at radius 2 is 2.28 bits per heavy atom. The predicted molar refractivity (Wildman–Crippen MR) is 102 cm³/mol. The van der Waals surface area contributed by atoms with Gasteiger partial charge in [-0.2, -0.15) is 0 Å². The Kier molecular flexibility index (Phi) is 6.14. The fourth-order valence-corrected chi connectivity index (χ4v) is 5.22. The van der Waals surface area contributed by atoms with Crippen molar-refractivity contribution in [2.45, 2.75) is 44.3 Å². The summed E-state index contributed by atoms with van der Waals surface area (Å²) in [6.45, 7) is 3.64. The van der Waals surface area contributed by atoms with Gasteiger partial charge in [0.25, 0.3) is 5.56 Å². The predicted octanol–water partition coefficient (Wildman–Crippen LogP) is 2.21. The second kappa shape index (κ2) is 8.33. The first-order chi connectivity index (χ1) is 12.2. The lowest BCUT2D eigenvalue weighted by Crippen LogP contribution is -2.29. The largest absolute Gasteiger partial charge is 0.383 e. The summed E-state index contributed by atoms with van der Waals surface area (Å²) >= 11 is 2.97. The van der Waals surface area contributed by atoms with Crippen LogP contribution in [0.1, 0.15) is 30.2 Å². The molecule has 0 saturated carbocycles. The number of aromatic nitrogens is 2. The maximum absolute atomic E-state index is 13.0. The zero-order chi connectivity index (χ0) is 17.8. The molecule has 1 aliphatic carbocycles. The van der Waals surface area contributed by atoms with Crippen LogP contribution in [-0.2, 0) is 28.9 Å². The number of carbonyl (C=O) groups is 1. The molecule has 0 fully saturated rings. The first-order valence-electron chi connectivity index (χ1n) is 8.59. The lowest BCUT2D eigenvalue weighted by Gasteiger charge is -2.11. The molecule has 2 aromatic rings. The van der Waals surface area contributed by atoms with E-state index in [1.807, 2.05) is 6.92 Å². The van der Waals surface area contributed by atoms with Crippen LogP contribution in [0.2, 0.25) is 0 Å². The van der Waals surface area contributed by atoms with E-state index in [4.69, 9.17) is 9.72 Å². The average Bonchev–Trinajstić information content (AvgIpc) is 3.16. The molecule has 0 saturated heterocycles. The fraction of sp³-hybridized carbons (Fsp3) is 0.588. The molecule has 0 bridgehead atoms. The smallest absolute Gasteiger partial charge is 0.263 e. The van der Waals surface area contributed by atoms with Crippen molar-refractivity contribution >= 4 is 39.2 Å². The fourth-order valence-electron chi connectivity index (χ4n) is 3.06. The van der Waals surface area contributed by atoms with Crippen molar-refractivity contribution in [3.05, 3.63) is 20.8 Å². The number of rotatable bonds is 8. The standard InChI is InChI=1S/C17H23N3O3S2/c1-3-8-20-16(22)14-11-5-4-6-12(11)25-15(14)19-17(20)24-10-13(21)18-7-9-23-2/h3-10H2,1-2H3,(H,18,21). The number of aryl methyl sites for hydroxylation is 2. The topological polar surface area (TPSA) is 73.2 Å². The van der Waals surface area contributed by atoms with E-state index in [1.165, 1.54) is 22.2 Å². The summed E-state index contributed by atoms with van der Waals surface area (Å²) in [4.78, 5) is 31.8. The van der Waals surface area contributed by atoms with Gasteiger partial charge >= 0.3 is 0 Å². The summed E-state index contributed by atoms with van der Waals surface area (Å²) < 4.78 is 6.66. The highest BCUT2D eigenvalue weighted by atomic mass is 32.2. The van der Waals surface area contributed by atoms with E-state index >= 15 is 0 Å². The van der Waals surface area contributed by atoms with Gasteiger partial charge in [0.05, 0.1) is 17.7 Å². The molecular weight excluding hydrogens is 358 g/mol. The first kappa shape index (κ1) is 18.4. The van der Waals surface area contributed by atoms with Gasteiger partial charge in [0, 0.05) is 25.1 Å². The third kappa shape index (κ3) is 3.91. The highest BCUT2D eigenvalue weighted by molar-refractivity contribution is 7.99. The van der Waals surface area contributed by atoms with E-state index in [2.05, 4.69) is 5.32 Å². The molecule has 0 atom stereocenters. The van der Waals surface area contributed by atoms with E-state index < -0.39 is 0 Å². The minimum atomic E-state index is -0.0758. The Labute approximate surface area is 155 Å². The molecule has 0 aromatic carbocycles. The van der Waals surface area contributed by atoms with Gasteiger partial charge < -0.3 is 10.1 Å². The highest BCUT2D eigenvalue weighted by Gasteiger charge is 2.23. The van der Waals surface area contributed by atoms with Crippen LogP contribution in [0.15, 0.2) is 9.95 Å². The van der Waals surface area contributed by atoms with Crippen LogP contribution in [-0.4, -0.2) is 41.5 Å². The lowest BCUT2D eigenvalue weighted by molar-refractivity contribution is -0.118. The van der Waals surface area contributed by atoms with Crippen molar-refractivity contribution in [3.63, 3.8) is 0 Å². The van der Waals surface area contributed by atoms with E-state index in [1.54, 1.807) is 23.0 Å². The SMILES string of the molecule is CCCn1c(SCC(=O)NCCOC)nc2sc3c(c2c1=O)CCC3. The molecule has 136 valence electrons. The molecule has 0 aliphatic heterocycles. The molecule has 0 spiro atoms. The van der Waals surface area contributed by atoms with Gasteiger partial charge in [-0.25, -0.2) is 4.98 Å². The van der Waals surface area contributed by atoms with Crippen molar-refractivity contribution in [2.24, 2.45) is 0 Å². The van der Waals surface area contributed by atoms with Gasteiger partial charge in [0.15, 0.2) is 5.16 Å². The number of ether oxygens (including phenoxy) is 1. The van der Waals surface area contributed by atoms with Gasteiger partial charge in [-0.05, 0) is 31.2 Å². The Balaban J connectivity index is 1.85. The second-order valence-corrected chi connectivity index (χ2v) is 8.05. The number of hydrogen-bond acceptors (Lipinski definition) is 6. The van der Waals surface area contributed by atoms with Crippen molar-refractivity contribution in [3.8, 4) is 0 Å². The molecule has 1 N–H and O–H groups in total. The molecule has 0 radical (unpaired) electrons. The molecule has 2 heterocycles. The average molecular weight is 382 g/mol. The molecule has 8 heteroatoms. The number of nitrogens with zero attached hydrogens (tertiary/aromatic N) is 2. The number of hydrogen-bond donors (Lipinski definition) is 1. The first-order valence-corrected chi connectivity index (χ1v) is 10.4. The van der Waals surface area contributed by atoms with Crippen LogP contribution in [0.5, 0.6) is 0 Å². The van der Waals surface area contributed by atoms with Crippen LogP contribution in [0.3, 0.4) is 0 Å². The van der Waals surface area contributed by atoms with Gasteiger partial charge in [-0.3, -0.25) is 14.2 Å². The Bertz CT molecular complexity index is 829. The zero-order valence-corrected chi connectivity index (χ0v) is 16.2. The summed E-state index contributed by atoms with van der Waals surface area (Å²) in [5.74, 6) is 0.171. The highest BCUT2D eigenvalue weighted by Crippen LogP contribution is 2.35. The summed E-state index contributed by atoms with van der Waals surface area (Å²) in [7, 11) is 1.60. The number of nitrogens with one attached hydrogen (secondary N) is 1. The summed E-state index contributed by atoms with van der Waals surface area (Å²) in [6.07, 6.45) is 4.01. The summed E-state index contributed by atoms with van der Waals surface area (Å²) in [5, 5.41) is 4.24. The normalized spacial score (nSPS) is 13.4. The van der Waals surface area contributed by atoms with Gasteiger partial charge in [-0.1, -0.05) is 18.7 Å². The molecule has 1 aliphatic rings. The summed E-state index contributed by atoms with van der Waals surface area (Å²) in [5.41, 5.74) is 1.25. The maximum Gasteiger partial charge on any atom is 0.263 e. The molecule has 0 unspecified atom stereocenters. The lowest BCUT2D eigenvalue weighted by atomic mass is 10.2. The van der Waals surface area contributed by atoms with Gasteiger partial charge in [-0.15, -0.1) is 11.3 Å². The van der Waals surface area contributed by atoms with Crippen molar-refractivity contribution in [1.29, 1.82) is 0 Å². The number of thioether (sulfide) groups is 1. The molecular formula is C17H23N3O3S2. The van der Waals surface area contributed by atoms with Crippen LogP contribution in [0.4, 0.5) is 0 Å². The van der Waals surface area contributed by atoms with Crippen LogP contribution in [0.25, 0.3) is 10.2 Å². The minimum absolute atomic E-state index is 0.0496. The number of carbonyl (C=O) groups excluding carboxylic acids is 1. The maximum atomic E-state index is 13.0. The van der Waals surface area contributed by atoms with Crippen LogP contribution in [0, 0.1) is 0 Å². The number of methoxy groups -OCH3 is 1. The van der Waals surface area contributed by atoms with E-state index in [-0.39, 0.29) is 17.2 Å². The minimum Gasteiger partial charge on any atom is -0.383 e. The Morgan fingerprint density at radius 1 is 1.44 bits per heavy atom. The van der Waals surface area contributed by atoms with E-state index in [0.717, 1.165) is 35.9 Å². The summed E-state index contributed by atoms with van der Waals surface area (Å²) in [6, 6.07) is 0. The molecule has 25 heavy (non-hydrogen) atoms. The number of amides is 1. The molecule has 1 amide bonds. The van der Waals surface area contributed by atoms with Crippen molar-refractivity contribution in [2.75, 3.05) is 26.0 Å². The second-order valence-electron chi connectivity index (χ2n) is 6.02. The van der Waals surface area contributed by atoms with Gasteiger partial charge in [0.1, 0.15) is 4.83 Å². The van der Waals surface area contributed by atoms with E-state index in [9.17, 15) is 9.59 Å². The van der Waals surface area contributed by atoms with Crippen molar-refractivity contribution in [1.82, 2.24) is 14.9 Å².